The van der Waals surface area contributed by atoms with Gasteiger partial charge < -0.3 is 14.6 Å². The summed E-state index contributed by atoms with van der Waals surface area (Å²) in [6.07, 6.45) is 4.63. The van der Waals surface area contributed by atoms with Crippen molar-refractivity contribution in [3.63, 3.8) is 0 Å². The summed E-state index contributed by atoms with van der Waals surface area (Å²) < 4.78 is 7.23. The minimum Gasteiger partial charge on any atom is -0.497 e. The topological polar surface area (TPSA) is 69.0 Å². The highest BCUT2D eigenvalue weighted by Gasteiger charge is 2.18. The van der Waals surface area contributed by atoms with Crippen LogP contribution in [0.4, 0.5) is 0 Å². The van der Waals surface area contributed by atoms with E-state index in [1.807, 2.05) is 28.8 Å². The second-order valence-corrected chi connectivity index (χ2v) is 7.06. The Kier molecular flexibility index (Phi) is 5.96. The monoisotopic (exact) mass is 360 g/mol. The second-order valence-electron chi connectivity index (χ2n) is 6.12. The summed E-state index contributed by atoms with van der Waals surface area (Å²) in [6, 6.07) is 8.11. The van der Waals surface area contributed by atoms with Gasteiger partial charge in [-0.1, -0.05) is 24.6 Å². The van der Waals surface area contributed by atoms with E-state index in [9.17, 15) is 4.79 Å². The van der Waals surface area contributed by atoms with Crippen molar-refractivity contribution in [1.82, 2.24) is 20.1 Å². The Labute approximate surface area is 152 Å². The summed E-state index contributed by atoms with van der Waals surface area (Å²) in [5, 5.41) is 12.5. The molecule has 0 saturated heterocycles. The quantitative estimate of drug-likeness (QED) is 0.768. The van der Waals surface area contributed by atoms with Crippen molar-refractivity contribution in [3.8, 4) is 17.1 Å². The number of amides is 1. The molecule has 0 atom stereocenters. The summed E-state index contributed by atoms with van der Waals surface area (Å²) in [5.74, 6) is 2.07. The van der Waals surface area contributed by atoms with Crippen molar-refractivity contribution in [2.24, 2.45) is 0 Å². The molecule has 1 aromatic carbocycles. The third kappa shape index (κ3) is 4.34. The first-order valence-electron chi connectivity index (χ1n) is 8.71. The lowest BCUT2D eigenvalue weighted by atomic mass is 10.2. The molecule has 6 nitrogen and oxygen atoms in total. The first kappa shape index (κ1) is 17.8. The fourth-order valence-electron chi connectivity index (χ4n) is 3.10. The number of hydrogen-bond donors (Lipinski definition) is 1. The molecule has 0 aliphatic heterocycles. The van der Waals surface area contributed by atoms with Gasteiger partial charge in [-0.05, 0) is 44.0 Å². The lowest BCUT2D eigenvalue weighted by Crippen LogP contribution is -2.33. The molecule has 0 bridgehead atoms. The predicted molar refractivity (Wildman–Crippen MR) is 98.8 cm³/mol. The number of carbonyl (C=O) groups excluding carboxylic acids is 1. The summed E-state index contributed by atoms with van der Waals surface area (Å²) >= 11 is 1.44. The molecule has 0 radical (unpaired) electrons. The van der Waals surface area contributed by atoms with Gasteiger partial charge in [-0.2, -0.15) is 0 Å². The van der Waals surface area contributed by atoms with Crippen LogP contribution in [0.5, 0.6) is 5.75 Å². The molecule has 3 rings (SSSR count). The van der Waals surface area contributed by atoms with Gasteiger partial charge in [-0.3, -0.25) is 4.79 Å². The van der Waals surface area contributed by atoms with Gasteiger partial charge in [0.1, 0.15) is 5.75 Å². The highest BCUT2D eigenvalue weighted by Crippen LogP contribution is 2.25. The van der Waals surface area contributed by atoms with E-state index in [4.69, 9.17) is 4.74 Å². The average molecular weight is 360 g/mol. The van der Waals surface area contributed by atoms with Crippen molar-refractivity contribution in [2.75, 3.05) is 12.9 Å². The number of rotatable bonds is 7. The minimum absolute atomic E-state index is 0.0774. The lowest BCUT2D eigenvalue weighted by molar-refractivity contribution is -0.119. The predicted octanol–water partition coefficient (Wildman–Crippen LogP) is 3.12. The van der Waals surface area contributed by atoms with Gasteiger partial charge in [-0.25, -0.2) is 0 Å². The molecule has 7 heteroatoms. The number of methoxy groups -OCH3 is 1. The van der Waals surface area contributed by atoms with Crippen LogP contribution in [0.25, 0.3) is 11.4 Å². The van der Waals surface area contributed by atoms with Crippen LogP contribution >= 0.6 is 11.8 Å². The number of nitrogens with zero attached hydrogens (tertiary/aromatic N) is 3. The Hall–Kier alpha value is -2.02. The Bertz CT molecular complexity index is 708. The van der Waals surface area contributed by atoms with E-state index < -0.39 is 0 Å². The molecule has 1 heterocycles. The van der Waals surface area contributed by atoms with E-state index in [0.29, 0.717) is 11.8 Å². The van der Waals surface area contributed by atoms with Crippen LogP contribution in [0.15, 0.2) is 29.4 Å². The molecule has 1 aliphatic rings. The van der Waals surface area contributed by atoms with Crippen LogP contribution in [0.3, 0.4) is 0 Å². The fourth-order valence-corrected chi connectivity index (χ4v) is 3.92. The van der Waals surface area contributed by atoms with Crippen LogP contribution in [0.2, 0.25) is 0 Å². The van der Waals surface area contributed by atoms with E-state index >= 15 is 0 Å². The highest BCUT2D eigenvalue weighted by atomic mass is 32.2. The van der Waals surface area contributed by atoms with Crippen LogP contribution < -0.4 is 10.1 Å². The maximum Gasteiger partial charge on any atom is 0.230 e. The normalized spacial score (nSPS) is 14.6. The van der Waals surface area contributed by atoms with Gasteiger partial charge in [0.25, 0.3) is 0 Å². The molecule has 0 spiro atoms. The third-order valence-electron chi connectivity index (χ3n) is 4.43. The van der Waals surface area contributed by atoms with Crippen molar-refractivity contribution < 1.29 is 9.53 Å². The zero-order valence-electron chi connectivity index (χ0n) is 14.7. The van der Waals surface area contributed by atoms with E-state index in [0.717, 1.165) is 41.7 Å². The number of ether oxygens (including phenoxy) is 1. The molecular formula is C18H24N4O2S. The van der Waals surface area contributed by atoms with Gasteiger partial charge in [-0.15, -0.1) is 10.2 Å². The number of hydrogen-bond acceptors (Lipinski definition) is 5. The van der Waals surface area contributed by atoms with Crippen molar-refractivity contribution in [1.29, 1.82) is 0 Å². The number of carbonyl (C=O) groups is 1. The molecule has 25 heavy (non-hydrogen) atoms. The average Bonchev–Trinajstić information content (AvgIpc) is 3.29. The molecule has 1 aromatic heterocycles. The maximum absolute atomic E-state index is 12.1. The van der Waals surface area contributed by atoms with Gasteiger partial charge in [0.2, 0.25) is 5.91 Å². The Balaban J connectivity index is 1.65. The van der Waals surface area contributed by atoms with Crippen LogP contribution in [0, 0.1) is 0 Å². The number of thioether (sulfide) groups is 1. The van der Waals surface area contributed by atoms with Gasteiger partial charge in [0.15, 0.2) is 11.0 Å². The molecule has 1 aliphatic carbocycles. The lowest BCUT2D eigenvalue weighted by Gasteiger charge is -2.11. The molecule has 1 amide bonds. The standard InChI is InChI=1S/C18H24N4O2S/c1-3-22-17(13-8-10-15(24-2)11-9-13)20-21-18(22)25-12-16(23)19-14-6-4-5-7-14/h8-11,14H,3-7,12H2,1-2H3,(H,19,23). The number of benzene rings is 1. The van der Waals surface area contributed by atoms with Crippen LogP contribution in [-0.4, -0.2) is 39.6 Å². The molecule has 0 unspecified atom stereocenters. The summed E-state index contributed by atoms with van der Waals surface area (Å²) in [6.45, 7) is 2.81. The Morgan fingerprint density at radius 2 is 2.00 bits per heavy atom. The zero-order valence-corrected chi connectivity index (χ0v) is 15.5. The summed E-state index contributed by atoms with van der Waals surface area (Å²) in [4.78, 5) is 12.1. The van der Waals surface area contributed by atoms with Gasteiger partial charge in [0.05, 0.1) is 12.9 Å². The highest BCUT2D eigenvalue weighted by molar-refractivity contribution is 7.99. The van der Waals surface area contributed by atoms with Crippen LogP contribution in [-0.2, 0) is 11.3 Å². The van der Waals surface area contributed by atoms with Gasteiger partial charge in [0, 0.05) is 18.2 Å². The minimum atomic E-state index is 0.0774. The number of aromatic nitrogens is 3. The van der Waals surface area contributed by atoms with E-state index in [1.165, 1.54) is 24.6 Å². The SMILES string of the molecule is CCn1c(SCC(=O)NC2CCCC2)nnc1-c1ccc(OC)cc1. The Morgan fingerprint density at radius 1 is 1.28 bits per heavy atom. The van der Waals surface area contributed by atoms with Crippen LogP contribution in [0.1, 0.15) is 32.6 Å². The fraction of sp³-hybridized carbons (Fsp3) is 0.500. The van der Waals surface area contributed by atoms with E-state index in [1.54, 1.807) is 7.11 Å². The summed E-state index contributed by atoms with van der Waals surface area (Å²) in [5.41, 5.74) is 0.984. The third-order valence-corrected chi connectivity index (χ3v) is 5.40. The smallest absolute Gasteiger partial charge is 0.230 e. The number of nitrogens with one attached hydrogen (secondary N) is 1. The molecule has 1 fully saturated rings. The Morgan fingerprint density at radius 3 is 2.64 bits per heavy atom. The zero-order chi connectivity index (χ0) is 17.6. The maximum atomic E-state index is 12.1. The van der Waals surface area contributed by atoms with Crippen molar-refractivity contribution in [3.05, 3.63) is 24.3 Å². The van der Waals surface area contributed by atoms with Gasteiger partial charge >= 0.3 is 0 Å². The van der Waals surface area contributed by atoms with E-state index in [2.05, 4.69) is 22.4 Å². The molecule has 1 saturated carbocycles. The first-order valence-corrected chi connectivity index (χ1v) is 9.69. The molecule has 2 aromatic rings. The van der Waals surface area contributed by atoms with Crippen molar-refractivity contribution in [2.45, 2.75) is 50.4 Å². The second kappa shape index (κ2) is 8.38. The molecule has 1 N–H and O–H groups in total. The molecule has 134 valence electrons. The largest absolute Gasteiger partial charge is 0.497 e. The summed E-state index contributed by atoms with van der Waals surface area (Å²) in [7, 11) is 1.65. The first-order chi connectivity index (χ1) is 12.2. The van der Waals surface area contributed by atoms with E-state index in [-0.39, 0.29) is 5.91 Å². The molecular weight excluding hydrogens is 336 g/mol. The van der Waals surface area contributed by atoms with Crippen molar-refractivity contribution >= 4 is 17.7 Å².